The molecular formula is C17H18F2N2O3S. The normalized spacial score (nSPS) is 10.6. The molecule has 0 spiro atoms. The third-order valence-electron chi connectivity index (χ3n) is 3.34. The summed E-state index contributed by atoms with van der Waals surface area (Å²) in [5.74, 6) is -3.12. The van der Waals surface area contributed by atoms with E-state index in [1.807, 2.05) is 6.92 Å². The Kier molecular flexibility index (Phi) is 6.19. The molecule has 1 heterocycles. The first-order valence-corrected chi connectivity index (χ1v) is 8.62. The fourth-order valence-corrected chi connectivity index (χ4v) is 3.16. The molecule has 8 heteroatoms. The van der Waals surface area contributed by atoms with Crippen molar-refractivity contribution in [1.82, 2.24) is 4.98 Å². The zero-order chi connectivity index (χ0) is 18.6. The third kappa shape index (κ3) is 4.19. The molecule has 1 amide bonds. The van der Waals surface area contributed by atoms with Crippen LogP contribution in [0.3, 0.4) is 0 Å². The second kappa shape index (κ2) is 8.15. The summed E-state index contributed by atoms with van der Waals surface area (Å²) in [6, 6.07) is 2.98. The lowest BCUT2D eigenvalue weighted by atomic mass is 10.2. The number of thiazole rings is 1. The molecule has 0 atom stereocenters. The van der Waals surface area contributed by atoms with E-state index >= 15 is 0 Å². The Labute approximate surface area is 148 Å². The summed E-state index contributed by atoms with van der Waals surface area (Å²) in [6.07, 6.45) is 0.628. The lowest BCUT2D eigenvalue weighted by Gasteiger charge is -2.19. The number of ether oxygens (including phenoxy) is 1. The summed E-state index contributed by atoms with van der Waals surface area (Å²) >= 11 is 1.04. The van der Waals surface area contributed by atoms with E-state index in [0.29, 0.717) is 28.7 Å². The van der Waals surface area contributed by atoms with Gasteiger partial charge in [-0.1, -0.05) is 18.3 Å². The average molecular weight is 368 g/mol. The second-order valence-electron chi connectivity index (χ2n) is 5.22. The molecule has 0 aliphatic rings. The molecule has 2 rings (SSSR count). The van der Waals surface area contributed by atoms with Gasteiger partial charge in [0.15, 0.2) is 16.8 Å². The average Bonchev–Trinajstić information content (AvgIpc) is 2.96. The number of nitrogens with zero attached hydrogens (tertiary/aromatic N) is 2. The quantitative estimate of drug-likeness (QED) is 0.724. The van der Waals surface area contributed by atoms with Gasteiger partial charge in [-0.2, -0.15) is 0 Å². The minimum absolute atomic E-state index is 0.0119. The van der Waals surface area contributed by atoms with Crippen LogP contribution in [0.2, 0.25) is 0 Å². The number of amides is 1. The molecule has 0 aliphatic carbocycles. The highest BCUT2D eigenvalue weighted by molar-refractivity contribution is 7.17. The highest BCUT2D eigenvalue weighted by atomic mass is 32.1. The first-order valence-electron chi connectivity index (χ1n) is 7.80. The van der Waals surface area contributed by atoms with Crippen molar-refractivity contribution in [3.8, 4) is 0 Å². The van der Waals surface area contributed by atoms with E-state index in [0.717, 1.165) is 23.5 Å². The zero-order valence-electron chi connectivity index (χ0n) is 14.1. The van der Waals surface area contributed by atoms with Crippen LogP contribution in [0.5, 0.6) is 0 Å². The van der Waals surface area contributed by atoms with Crippen molar-refractivity contribution in [2.45, 2.75) is 27.2 Å². The highest BCUT2D eigenvalue weighted by Gasteiger charge is 2.24. The molecule has 0 N–H and O–H groups in total. The summed E-state index contributed by atoms with van der Waals surface area (Å²) in [5.41, 5.74) is 0.468. The molecule has 2 aromatic rings. The molecule has 1 aromatic heterocycles. The molecule has 0 bridgehead atoms. The summed E-state index contributed by atoms with van der Waals surface area (Å²) in [4.78, 5) is 30.6. The van der Waals surface area contributed by atoms with Crippen LogP contribution in [0.15, 0.2) is 18.2 Å². The van der Waals surface area contributed by atoms with Gasteiger partial charge in [-0.05, 0) is 38.5 Å². The van der Waals surface area contributed by atoms with Crippen LogP contribution in [0.25, 0.3) is 0 Å². The molecule has 0 saturated carbocycles. The molecular weight excluding hydrogens is 350 g/mol. The van der Waals surface area contributed by atoms with Crippen molar-refractivity contribution in [1.29, 1.82) is 0 Å². The molecule has 0 saturated heterocycles. The van der Waals surface area contributed by atoms with Gasteiger partial charge < -0.3 is 4.74 Å². The van der Waals surface area contributed by atoms with Gasteiger partial charge in [0.05, 0.1) is 12.3 Å². The van der Waals surface area contributed by atoms with E-state index in [1.54, 1.807) is 13.8 Å². The van der Waals surface area contributed by atoms with Gasteiger partial charge in [0.1, 0.15) is 4.88 Å². The number of rotatable bonds is 6. The second-order valence-corrected chi connectivity index (χ2v) is 6.19. The van der Waals surface area contributed by atoms with Crippen LogP contribution < -0.4 is 4.90 Å². The van der Waals surface area contributed by atoms with Crippen molar-refractivity contribution in [2.24, 2.45) is 0 Å². The van der Waals surface area contributed by atoms with Gasteiger partial charge in [-0.3, -0.25) is 9.69 Å². The van der Waals surface area contributed by atoms with E-state index in [1.165, 1.54) is 11.0 Å². The lowest BCUT2D eigenvalue weighted by molar-refractivity contribution is 0.0531. The molecule has 0 radical (unpaired) electrons. The smallest absolute Gasteiger partial charge is 0.350 e. The first kappa shape index (κ1) is 19.0. The number of carbonyl (C=O) groups excluding carboxylic acids is 2. The van der Waals surface area contributed by atoms with Crippen LogP contribution in [-0.2, 0) is 4.74 Å². The van der Waals surface area contributed by atoms with E-state index in [9.17, 15) is 18.4 Å². The topological polar surface area (TPSA) is 59.5 Å². The molecule has 5 nitrogen and oxygen atoms in total. The molecule has 0 aliphatic heterocycles. The van der Waals surface area contributed by atoms with E-state index < -0.39 is 23.5 Å². The number of hydrogen-bond donors (Lipinski definition) is 0. The van der Waals surface area contributed by atoms with Gasteiger partial charge >= 0.3 is 5.97 Å². The van der Waals surface area contributed by atoms with Gasteiger partial charge in [-0.25, -0.2) is 18.6 Å². The van der Waals surface area contributed by atoms with E-state index in [4.69, 9.17) is 4.74 Å². The van der Waals surface area contributed by atoms with Crippen LogP contribution in [-0.4, -0.2) is 30.0 Å². The maximum Gasteiger partial charge on any atom is 0.350 e. The standard InChI is InChI=1S/C17H18F2N2O3S/c1-4-8-21(15(22)11-6-7-12(18)13(19)9-11)17-20-10(3)14(25-17)16(23)24-5-2/h6-7,9H,4-5,8H2,1-3H3. The van der Waals surface area contributed by atoms with Gasteiger partial charge in [0.2, 0.25) is 0 Å². The molecule has 134 valence electrons. The maximum atomic E-state index is 13.4. The molecule has 0 fully saturated rings. The number of hydrogen-bond acceptors (Lipinski definition) is 5. The number of carbonyl (C=O) groups is 2. The van der Waals surface area contributed by atoms with Gasteiger partial charge in [0, 0.05) is 12.1 Å². The predicted molar refractivity (Wildman–Crippen MR) is 91.1 cm³/mol. The summed E-state index contributed by atoms with van der Waals surface area (Å²) < 4.78 is 31.5. The Hall–Kier alpha value is -2.35. The van der Waals surface area contributed by atoms with Crippen molar-refractivity contribution in [3.05, 3.63) is 46.0 Å². The Balaban J connectivity index is 2.37. The number of benzene rings is 1. The van der Waals surface area contributed by atoms with Crippen molar-refractivity contribution >= 4 is 28.3 Å². The summed E-state index contributed by atoms with van der Waals surface area (Å²) in [7, 11) is 0. The van der Waals surface area contributed by atoms with Crippen LogP contribution in [0.4, 0.5) is 13.9 Å². The van der Waals surface area contributed by atoms with Crippen molar-refractivity contribution < 1.29 is 23.1 Å². The number of anilines is 1. The molecule has 1 aromatic carbocycles. The summed E-state index contributed by atoms with van der Waals surface area (Å²) in [5, 5.41) is 0.317. The molecule has 25 heavy (non-hydrogen) atoms. The van der Waals surface area contributed by atoms with E-state index in [-0.39, 0.29) is 12.2 Å². The fourth-order valence-electron chi connectivity index (χ4n) is 2.18. The lowest BCUT2D eigenvalue weighted by Crippen LogP contribution is -2.31. The minimum atomic E-state index is -1.09. The van der Waals surface area contributed by atoms with Crippen LogP contribution in [0.1, 0.15) is 46.0 Å². The van der Waals surface area contributed by atoms with Crippen LogP contribution in [0, 0.1) is 18.6 Å². The summed E-state index contributed by atoms with van der Waals surface area (Å²) in [6.45, 7) is 5.78. The number of aryl methyl sites for hydroxylation is 1. The maximum absolute atomic E-state index is 13.4. The van der Waals surface area contributed by atoms with Crippen molar-refractivity contribution in [2.75, 3.05) is 18.1 Å². The first-order chi connectivity index (χ1) is 11.9. The number of esters is 1. The van der Waals surface area contributed by atoms with Gasteiger partial charge in [-0.15, -0.1) is 0 Å². The number of aromatic nitrogens is 1. The SMILES string of the molecule is CCCN(C(=O)c1ccc(F)c(F)c1)c1nc(C)c(C(=O)OCC)s1. The highest BCUT2D eigenvalue weighted by Crippen LogP contribution is 2.28. The minimum Gasteiger partial charge on any atom is -0.462 e. The molecule has 0 unspecified atom stereocenters. The fraction of sp³-hybridized carbons (Fsp3) is 0.353. The largest absolute Gasteiger partial charge is 0.462 e. The Morgan fingerprint density at radius 3 is 2.56 bits per heavy atom. The van der Waals surface area contributed by atoms with Gasteiger partial charge in [0.25, 0.3) is 5.91 Å². The Morgan fingerprint density at radius 2 is 1.96 bits per heavy atom. The predicted octanol–water partition coefficient (Wildman–Crippen LogP) is 3.96. The third-order valence-corrected chi connectivity index (χ3v) is 4.50. The Bertz CT molecular complexity index is 792. The van der Waals surface area contributed by atoms with Crippen LogP contribution >= 0.6 is 11.3 Å². The Morgan fingerprint density at radius 1 is 1.24 bits per heavy atom. The van der Waals surface area contributed by atoms with E-state index in [2.05, 4.69) is 4.98 Å². The zero-order valence-corrected chi connectivity index (χ0v) is 15.0. The number of halogens is 2. The van der Waals surface area contributed by atoms with Crippen molar-refractivity contribution in [3.63, 3.8) is 0 Å². The monoisotopic (exact) mass is 368 g/mol.